The van der Waals surface area contributed by atoms with Crippen LogP contribution in [0.15, 0.2) is 0 Å². The first-order valence-corrected chi connectivity index (χ1v) is 9.03. The van der Waals surface area contributed by atoms with E-state index in [2.05, 4.69) is 6.92 Å². The second-order valence-corrected chi connectivity index (χ2v) is 6.89. The van der Waals surface area contributed by atoms with Gasteiger partial charge in [-0.25, -0.2) is 8.42 Å². The SMILES string of the molecule is CCCCCCCCCC(C(O)CCC)S(=O)(=O)[O-].[K+]. The van der Waals surface area contributed by atoms with E-state index < -0.39 is 21.5 Å². The summed E-state index contributed by atoms with van der Waals surface area (Å²) in [5, 5.41) is 8.62. The molecule has 0 aliphatic carbocycles. The Hall–Kier alpha value is 1.51. The fraction of sp³-hybridized carbons (Fsp3) is 1.00. The Bertz CT molecular complexity index is 306. The van der Waals surface area contributed by atoms with Crippen molar-refractivity contribution in [2.45, 2.75) is 89.4 Å². The molecule has 0 heterocycles. The predicted octanol–water partition coefficient (Wildman–Crippen LogP) is 0.206. The minimum Gasteiger partial charge on any atom is -0.748 e. The number of unbranched alkanes of at least 4 members (excludes halogenated alkanes) is 6. The van der Waals surface area contributed by atoms with Gasteiger partial charge in [-0.3, -0.25) is 0 Å². The Kier molecular flexibility index (Phi) is 16.8. The summed E-state index contributed by atoms with van der Waals surface area (Å²) in [4.78, 5) is 0. The normalized spacial score (nSPS) is 14.6. The van der Waals surface area contributed by atoms with Gasteiger partial charge in [0, 0.05) is 0 Å². The van der Waals surface area contributed by atoms with Crippen molar-refractivity contribution in [2.75, 3.05) is 0 Å². The molecule has 0 radical (unpaired) electrons. The number of rotatable bonds is 12. The van der Waals surface area contributed by atoms with Gasteiger partial charge in [0.2, 0.25) is 0 Å². The molecule has 6 heteroatoms. The average Bonchev–Trinajstić information content (AvgIpc) is 2.31. The minimum atomic E-state index is -4.39. The van der Waals surface area contributed by atoms with Crippen molar-refractivity contribution in [3.8, 4) is 0 Å². The van der Waals surface area contributed by atoms with E-state index in [1.54, 1.807) is 0 Å². The van der Waals surface area contributed by atoms with Gasteiger partial charge in [0.15, 0.2) is 0 Å². The quantitative estimate of drug-likeness (QED) is 0.315. The first-order valence-electron chi connectivity index (χ1n) is 7.56. The van der Waals surface area contributed by atoms with Crippen LogP contribution in [0.5, 0.6) is 0 Å². The molecule has 0 aliphatic heterocycles. The predicted molar refractivity (Wildman–Crippen MR) is 77.0 cm³/mol. The summed E-state index contributed by atoms with van der Waals surface area (Å²) in [5.74, 6) is 0. The fourth-order valence-electron chi connectivity index (χ4n) is 2.31. The van der Waals surface area contributed by atoms with Gasteiger partial charge in [0.05, 0.1) is 11.4 Å². The van der Waals surface area contributed by atoms with E-state index in [4.69, 9.17) is 0 Å². The van der Waals surface area contributed by atoms with Crippen molar-refractivity contribution in [1.29, 1.82) is 0 Å². The first kappa shape index (κ1) is 23.8. The van der Waals surface area contributed by atoms with E-state index in [9.17, 15) is 18.1 Å². The monoisotopic (exact) mass is 332 g/mol. The van der Waals surface area contributed by atoms with Crippen LogP contribution in [-0.2, 0) is 10.1 Å². The maximum Gasteiger partial charge on any atom is 1.00 e. The van der Waals surface area contributed by atoms with E-state index in [0.29, 0.717) is 25.7 Å². The summed E-state index contributed by atoms with van der Waals surface area (Å²) < 4.78 is 33.4. The van der Waals surface area contributed by atoms with Crippen LogP contribution in [0.25, 0.3) is 0 Å². The molecule has 0 spiro atoms. The molecule has 0 saturated carbocycles. The van der Waals surface area contributed by atoms with Gasteiger partial charge in [-0.1, -0.05) is 65.2 Å². The third kappa shape index (κ3) is 12.1. The molecule has 0 amide bonds. The Morgan fingerprint density at radius 3 is 1.85 bits per heavy atom. The molecule has 2 atom stereocenters. The smallest absolute Gasteiger partial charge is 0.748 e. The molecule has 0 fully saturated rings. The van der Waals surface area contributed by atoms with Gasteiger partial charge < -0.3 is 9.66 Å². The summed E-state index contributed by atoms with van der Waals surface area (Å²) >= 11 is 0. The van der Waals surface area contributed by atoms with E-state index in [1.807, 2.05) is 6.92 Å². The summed E-state index contributed by atoms with van der Waals surface area (Å²) in [7, 11) is -4.39. The van der Waals surface area contributed by atoms with Crippen LogP contribution in [-0.4, -0.2) is 29.4 Å². The Morgan fingerprint density at radius 2 is 1.40 bits per heavy atom. The molecule has 1 N–H and O–H groups in total. The number of aliphatic hydroxyl groups excluding tert-OH is 1. The Balaban J connectivity index is 0. The summed E-state index contributed by atoms with van der Waals surface area (Å²) in [5.41, 5.74) is 0. The van der Waals surface area contributed by atoms with Crippen molar-refractivity contribution in [2.24, 2.45) is 0 Å². The Labute approximate surface area is 167 Å². The molecule has 116 valence electrons. The van der Waals surface area contributed by atoms with Crippen molar-refractivity contribution < 1.29 is 69.5 Å². The van der Waals surface area contributed by atoms with Crippen LogP contribution in [0, 0.1) is 0 Å². The van der Waals surface area contributed by atoms with E-state index in [0.717, 1.165) is 12.8 Å². The second kappa shape index (κ2) is 14.1. The van der Waals surface area contributed by atoms with E-state index >= 15 is 0 Å². The molecule has 4 nitrogen and oxygen atoms in total. The van der Waals surface area contributed by atoms with Gasteiger partial charge in [0.1, 0.15) is 10.1 Å². The van der Waals surface area contributed by atoms with Crippen molar-refractivity contribution >= 4 is 10.1 Å². The topological polar surface area (TPSA) is 77.4 Å². The maximum atomic E-state index is 11.1. The number of hydrogen-bond acceptors (Lipinski definition) is 4. The molecule has 20 heavy (non-hydrogen) atoms. The molecule has 2 unspecified atom stereocenters. The van der Waals surface area contributed by atoms with Gasteiger partial charge in [-0.15, -0.1) is 0 Å². The van der Waals surface area contributed by atoms with Gasteiger partial charge in [-0.05, 0) is 12.8 Å². The number of hydrogen-bond donors (Lipinski definition) is 1. The maximum absolute atomic E-state index is 11.1. The largest absolute Gasteiger partial charge is 1.00 e. The van der Waals surface area contributed by atoms with Gasteiger partial charge in [-0.2, -0.15) is 0 Å². The van der Waals surface area contributed by atoms with Crippen LogP contribution in [0.4, 0.5) is 0 Å². The molecule has 0 bridgehead atoms. The second-order valence-electron chi connectivity index (χ2n) is 5.30. The van der Waals surface area contributed by atoms with Crippen LogP contribution in [0.2, 0.25) is 0 Å². The van der Waals surface area contributed by atoms with Crippen molar-refractivity contribution in [1.82, 2.24) is 0 Å². The molecule has 0 aromatic heterocycles. The standard InChI is InChI=1S/C14H30O4S.K/c1-3-5-6-7-8-9-10-12-14(19(16,17)18)13(15)11-4-2;/h13-15H,3-12H2,1-2H3,(H,16,17,18);/q;+1/p-1. The summed E-state index contributed by atoms with van der Waals surface area (Å²) in [6.07, 6.45) is 7.91. The van der Waals surface area contributed by atoms with Crippen LogP contribution in [0.3, 0.4) is 0 Å². The average molecular weight is 333 g/mol. The van der Waals surface area contributed by atoms with Crippen molar-refractivity contribution in [3.05, 3.63) is 0 Å². The molecule has 0 aromatic carbocycles. The molecule has 0 saturated heterocycles. The van der Waals surface area contributed by atoms with E-state index in [-0.39, 0.29) is 51.4 Å². The molecular formula is C14H29KO4S. The molecule has 0 rings (SSSR count). The van der Waals surface area contributed by atoms with Crippen molar-refractivity contribution in [3.63, 3.8) is 0 Å². The molecule has 0 aliphatic rings. The van der Waals surface area contributed by atoms with Crippen LogP contribution >= 0.6 is 0 Å². The third-order valence-corrected chi connectivity index (χ3v) is 4.77. The number of aliphatic hydroxyl groups is 1. The van der Waals surface area contributed by atoms with Crippen LogP contribution in [0.1, 0.15) is 78.1 Å². The van der Waals surface area contributed by atoms with Gasteiger partial charge >= 0.3 is 51.4 Å². The first-order chi connectivity index (χ1) is 8.93. The minimum absolute atomic E-state index is 0. The summed E-state index contributed by atoms with van der Waals surface area (Å²) in [6.45, 7) is 4.03. The summed E-state index contributed by atoms with van der Waals surface area (Å²) in [6, 6.07) is 0. The Morgan fingerprint density at radius 1 is 0.900 bits per heavy atom. The fourth-order valence-corrected chi connectivity index (χ4v) is 3.29. The van der Waals surface area contributed by atoms with Gasteiger partial charge in [0.25, 0.3) is 0 Å². The van der Waals surface area contributed by atoms with Crippen LogP contribution < -0.4 is 51.4 Å². The zero-order chi connectivity index (χ0) is 14.7. The zero-order valence-electron chi connectivity index (χ0n) is 13.3. The third-order valence-electron chi connectivity index (χ3n) is 3.48. The van der Waals surface area contributed by atoms with E-state index in [1.165, 1.54) is 25.7 Å². The molecule has 0 aromatic rings. The zero-order valence-corrected chi connectivity index (χ0v) is 17.2. The molecular weight excluding hydrogens is 303 g/mol.